The number of rotatable bonds is 6. The first kappa shape index (κ1) is 29.3. The van der Waals surface area contributed by atoms with Gasteiger partial charge in [-0.25, -0.2) is 19.9 Å². The van der Waals surface area contributed by atoms with Crippen LogP contribution in [0.25, 0.3) is 89.5 Å². The molecule has 9 rings (SSSR count). The highest BCUT2D eigenvalue weighted by Crippen LogP contribution is 2.32. The molecule has 234 valence electrons. The van der Waals surface area contributed by atoms with E-state index >= 15 is 0 Å². The van der Waals surface area contributed by atoms with Crippen LogP contribution in [-0.2, 0) is 0 Å². The molecule has 5 heteroatoms. The van der Waals surface area contributed by atoms with E-state index < -0.39 is 0 Å². The lowest BCUT2D eigenvalue weighted by Gasteiger charge is -2.11. The second-order valence-electron chi connectivity index (χ2n) is 12.2. The second kappa shape index (κ2) is 12.6. The first-order valence-electron chi connectivity index (χ1n) is 16.6. The van der Waals surface area contributed by atoms with Crippen molar-refractivity contribution in [2.45, 2.75) is 0 Å². The second-order valence-corrected chi connectivity index (χ2v) is 12.2. The van der Waals surface area contributed by atoms with Crippen LogP contribution in [0.5, 0.6) is 0 Å². The van der Waals surface area contributed by atoms with Gasteiger partial charge in [0.05, 0.1) is 39.5 Å². The van der Waals surface area contributed by atoms with Crippen LogP contribution in [0.1, 0.15) is 0 Å². The largest absolute Gasteiger partial charge is 0.255 e. The summed E-state index contributed by atoms with van der Waals surface area (Å²) in [6.07, 6.45) is 1.79. The summed E-state index contributed by atoms with van der Waals surface area (Å²) < 4.78 is 0. The molecule has 0 radical (unpaired) electrons. The van der Waals surface area contributed by atoms with E-state index in [4.69, 9.17) is 19.9 Å². The summed E-state index contributed by atoms with van der Waals surface area (Å²) in [5.74, 6) is 0.701. The molecule has 0 fully saturated rings. The van der Waals surface area contributed by atoms with Crippen molar-refractivity contribution in [3.63, 3.8) is 0 Å². The molecule has 4 aromatic heterocycles. The molecular formula is C45H29N5. The highest BCUT2D eigenvalue weighted by atomic mass is 14.9. The van der Waals surface area contributed by atoms with Crippen molar-refractivity contribution in [3.05, 3.63) is 176 Å². The van der Waals surface area contributed by atoms with Crippen molar-refractivity contribution in [2.24, 2.45) is 0 Å². The zero-order valence-electron chi connectivity index (χ0n) is 27.0. The van der Waals surface area contributed by atoms with Gasteiger partial charge in [-0.05, 0) is 59.7 Å². The topological polar surface area (TPSA) is 64.5 Å². The maximum atomic E-state index is 5.13. The van der Waals surface area contributed by atoms with Crippen molar-refractivity contribution in [2.75, 3.05) is 0 Å². The van der Waals surface area contributed by atoms with E-state index in [1.165, 1.54) is 0 Å². The van der Waals surface area contributed by atoms with Gasteiger partial charge >= 0.3 is 0 Å². The molecule has 0 aliphatic heterocycles. The number of hydrogen-bond donors (Lipinski definition) is 0. The van der Waals surface area contributed by atoms with Crippen LogP contribution in [0.15, 0.2) is 176 Å². The van der Waals surface area contributed by atoms with E-state index in [0.717, 1.165) is 83.7 Å². The Bertz CT molecular complexity index is 2580. The standard InChI is InChI=1S/C45H29N5/c1-3-10-30(11-4-1)43-29-44(50-45(49-43)33-12-5-2-6-13-33)36-15-9-14-34(26-36)35-19-17-31-21-23-38(47-41(31)27-35)37-20-18-32-22-24-40(48-42(32)28-37)39-16-7-8-25-46-39/h1-29H. The number of pyridine rings is 3. The molecule has 9 aromatic rings. The Hall–Kier alpha value is -6.85. The van der Waals surface area contributed by atoms with Crippen LogP contribution >= 0.6 is 0 Å². The fourth-order valence-electron chi connectivity index (χ4n) is 6.32. The van der Waals surface area contributed by atoms with Crippen molar-refractivity contribution >= 4 is 21.8 Å². The van der Waals surface area contributed by atoms with Gasteiger partial charge in [0.25, 0.3) is 0 Å². The van der Waals surface area contributed by atoms with Crippen LogP contribution in [0.2, 0.25) is 0 Å². The molecule has 0 N–H and O–H groups in total. The molecule has 5 nitrogen and oxygen atoms in total. The Morgan fingerprint density at radius 1 is 0.280 bits per heavy atom. The molecule has 0 bridgehead atoms. The predicted molar refractivity (Wildman–Crippen MR) is 203 cm³/mol. The normalized spacial score (nSPS) is 11.2. The lowest BCUT2D eigenvalue weighted by molar-refractivity contribution is 1.18. The Labute approximate surface area is 289 Å². The van der Waals surface area contributed by atoms with Crippen LogP contribution in [0.3, 0.4) is 0 Å². The highest BCUT2D eigenvalue weighted by Gasteiger charge is 2.12. The third-order valence-corrected chi connectivity index (χ3v) is 8.93. The molecule has 0 aliphatic rings. The van der Waals surface area contributed by atoms with Gasteiger partial charge in [-0.3, -0.25) is 4.98 Å². The Kier molecular flexibility index (Phi) is 7.41. The van der Waals surface area contributed by atoms with Gasteiger partial charge < -0.3 is 0 Å². The summed E-state index contributed by atoms with van der Waals surface area (Å²) >= 11 is 0. The van der Waals surface area contributed by atoms with Crippen LogP contribution in [0.4, 0.5) is 0 Å². The van der Waals surface area contributed by atoms with E-state index in [9.17, 15) is 0 Å². The quantitative estimate of drug-likeness (QED) is 0.181. The zero-order chi connectivity index (χ0) is 33.3. The SMILES string of the molecule is c1ccc(-c2cc(-c3cccc(-c4ccc5ccc(-c6ccc7ccc(-c8ccccn8)nc7c6)nc5c4)c3)nc(-c3ccccc3)n2)cc1. The Balaban J connectivity index is 1.08. The smallest absolute Gasteiger partial charge is 0.160 e. The third-order valence-electron chi connectivity index (χ3n) is 8.93. The van der Waals surface area contributed by atoms with Crippen molar-refractivity contribution in [3.8, 4) is 67.7 Å². The molecule has 0 saturated carbocycles. The first-order valence-corrected chi connectivity index (χ1v) is 16.6. The van der Waals surface area contributed by atoms with E-state index in [0.29, 0.717) is 5.82 Å². The molecule has 0 aliphatic carbocycles. The summed E-state index contributed by atoms with van der Waals surface area (Å²) in [5, 5.41) is 2.16. The molecule has 0 saturated heterocycles. The zero-order valence-corrected chi connectivity index (χ0v) is 27.0. The number of fused-ring (bicyclic) bond motifs is 2. The summed E-state index contributed by atoms with van der Waals surface area (Å²) in [5.41, 5.74) is 12.5. The van der Waals surface area contributed by atoms with E-state index in [2.05, 4.69) is 114 Å². The monoisotopic (exact) mass is 639 g/mol. The summed E-state index contributed by atoms with van der Waals surface area (Å²) in [6.45, 7) is 0. The van der Waals surface area contributed by atoms with E-state index in [1.807, 2.05) is 60.7 Å². The Morgan fingerprint density at radius 3 is 1.56 bits per heavy atom. The molecule has 0 spiro atoms. The predicted octanol–water partition coefficient (Wildman–Crippen LogP) is 11.0. The lowest BCUT2D eigenvalue weighted by Crippen LogP contribution is -1.96. The van der Waals surface area contributed by atoms with Gasteiger partial charge in [0.1, 0.15) is 0 Å². The molecule has 5 aromatic carbocycles. The lowest BCUT2D eigenvalue weighted by atomic mass is 9.99. The van der Waals surface area contributed by atoms with Crippen molar-refractivity contribution in [1.82, 2.24) is 24.9 Å². The van der Waals surface area contributed by atoms with Gasteiger partial charge in [0.15, 0.2) is 5.82 Å². The molecule has 0 amide bonds. The van der Waals surface area contributed by atoms with Gasteiger partial charge in [0, 0.05) is 39.2 Å². The molecule has 50 heavy (non-hydrogen) atoms. The number of nitrogens with zero attached hydrogens (tertiary/aromatic N) is 5. The molecular weight excluding hydrogens is 611 g/mol. The number of aromatic nitrogens is 5. The average molecular weight is 640 g/mol. The van der Waals surface area contributed by atoms with Gasteiger partial charge in [-0.2, -0.15) is 0 Å². The third kappa shape index (κ3) is 5.78. The number of hydrogen-bond acceptors (Lipinski definition) is 5. The minimum absolute atomic E-state index is 0.701. The van der Waals surface area contributed by atoms with E-state index in [-0.39, 0.29) is 0 Å². The minimum Gasteiger partial charge on any atom is -0.255 e. The first-order chi connectivity index (χ1) is 24.7. The summed E-state index contributed by atoms with van der Waals surface area (Å²) in [4.78, 5) is 24.5. The molecule has 0 unspecified atom stereocenters. The van der Waals surface area contributed by atoms with Crippen molar-refractivity contribution in [1.29, 1.82) is 0 Å². The fraction of sp³-hybridized carbons (Fsp3) is 0. The maximum Gasteiger partial charge on any atom is 0.160 e. The summed E-state index contributed by atoms with van der Waals surface area (Å²) in [6, 6.07) is 58.0. The van der Waals surface area contributed by atoms with Crippen molar-refractivity contribution < 1.29 is 0 Å². The maximum absolute atomic E-state index is 5.13. The summed E-state index contributed by atoms with van der Waals surface area (Å²) in [7, 11) is 0. The molecule has 4 heterocycles. The molecule has 0 atom stereocenters. The van der Waals surface area contributed by atoms with Crippen LogP contribution in [0, 0.1) is 0 Å². The van der Waals surface area contributed by atoms with Gasteiger partial charge in [-0.15, -0.1) is 0 Å². The Morgan fingerprint density at radius 2 is 0.820 bits per heavy atom. The number of benzene rings is 5. The van der Waals surface area contributed by atoms with Crippen LogP contribution < -0.4 is 0 Å². The van der Waals surface area contributed by atoms with Gasteiger partial charge in [0.2, 0.25) is 0 Å². The van der Waals surface area contributed by atoms with Crippen LogP contribution in [-0.4, -0.2) is 24.9 Å². The highest BCUT2D eigenvalue weighted by molar-refractivity contribution is 5.89. The fourth-order valence-corrected chi connectivity index (χ4v) is 6.32. The minimum atomic E-state index is 0.701. The van der Waals surface area contributed by atoms with E-state index in [1.54, 1.807) is 6.20 Å². The average Bonchev–Trinajstić information content (AvgIpc) is 3.21. The van der Waals surface area contributed by atoms with Gasteiger partial charge in [-0.1, -0.05) is 121 Å².